The van der Waals surface area contributed by atoms with Gasteiger partial charge in [0.2, 0.25) is 0 Å². The number of anilines is 1. The van der Waals surface area contributed by atoms with Crippen molar-refractivity contribution >= 4 is 28.9 Å². The molecule has 0 amide bonds. The highest BCUT2D eigenvalue weighted by atomic mass is 16.6. The maximum atomic E-state index is 12.2. The van der Waals surface area contributed by atoms with Gasteiger partial charge in [-0.3, -0.25) is 14.2 Å². The minimum Gasteiger partial charge on any atom is -0.481 e. The lowest BCUT2D eigenvalue weighted by molar-refractivity contribution is -0.158. The van der Waals surface area contributed by atoms with Gasteiger partial charge in [0.05, 0.1) is 12.9 Å². The summed E-state index contributed by atoms with van der Waals surface area (Å²) in [6.45, 7) is -0.468. The average Bonchev–Trinajstić information content (AvgIpc) is 3.24. The summed E-state index contributed by atoms with van der Waals surface area (Å²) < 4.78 is 12.6. The van der Waals surface area contributed by atoms with Crippen molar-refractivity contribution in [3.05, 3.63) is 12.7 Å². The van der Waals surface area contributed by atoms with Crippen LogP contribution in [0.2, 0.25) is 0 Å². The number of ether oxygens (including phenoxy) is 2. The lowest BCUT2D eigenvalue weighted by atomic mass is 10.1. The topological polar surface area (TPSA) is 183 Å². The molecule has 0 saturated carbocycles. The van der Waals surface area contributed by atoms with Gasteiger partial charge in [0.1, 0.15) is 24.1 Å². The molecule has 3 rings (SSSR count). The van der Waals surface area contributed by atoms with E-state index in [1.807, 2.05) is 0 Å². The summed E-state index contributed by atoms with van der Waals surface area (Å²) in [5, 5.41) is 28.5. The number of nitrogens with zero attached hydrogens (tertiary/aromatic N) is 4. The van der Waals surface area contributed by atoms with Gasteiger partial charge in [-0.25, -0.2) is 15.0 Å². The molecule has 4 atom stereocenters. The molecule has 3 heterocycles. The first kappa shape index (κ1) is 20.9. The van der Waals surface area contributed by atoms with Crippen LogP contribution >= 0.6 is 0 Å². The van der Waals surface area contributed by atoms with E-state index in [2.05, 4.69) is 15.0 Å². The number of rotatable bonds is 9. The van der Waals surface area contributed by atoms with Crippen LogP contribution in [0.3, 0.4) is 0 Å². The van der Waals surface area contributed by atoms with E-state index in [4.69, 9.17) is 20.3 Å². The number of fused-ring (bicyclic) bond motifs is 1. The highest BCUT2D eigenvalue weighted by molar-refractivity contribution is 5.81. The minimum atomic E-state index is -1.25. The van der Waals surface area contributed by atoms with E-state index in [0.717, 1.165) is 0 Å². The summed E-state index contributed by atoms with van der Waals surface area (Å²) in [5.41, 5.74) is 6.45. The number of carbonyl (C=O) groups excluding carboxylic acids is 1. The number of carbonyl (C=O) groups is 2. The molecule has 0 radical (unpaired) electrons. The first-order chi connectivity index (χ1) is 13.9. The highest BCUT2D eigenvalue weighted by Gasteiger charge is 2.47. The number of hydrogen-bond donors (Lipinski definition) is 4. The second kappa shape index (κ2) is 9.11. The average molecular weight is 409 g/mol. The number of hydrogen-bond acceptors (Lipinski definition) is 10. The Hall–Kier alpha value is -2.83. The number of aromatic nitrogens is 4. The van der Waals surface area contributed by atoms with Gasteiger partial charge in [0.15, 0.2) is 23.8 Å². The molecule has 12 heteroatoms. The van der Waals surface area contributed by atoms with E-state index in [-0.39, 0.29) is 18.7 Å². The van der Waals surface area contributed by atoms with Crippen LogP contribution in [0.25, 0.3) is 11.2 Å². The molecule has 2 aromatic rings. The second-order valence-electron chi connectivity index (χ2n) is 6.73. The normalized spacial score (nSPS) is 24.1. The van der Waals surface area contributed by atoms with Crippen LogP contribution in [0.1, 0.15) is 38.3 Å². The Morgan fingerprint density at radius 1 is 1.21 bits per heavy atom. The van der Waals surface area contributed by atoms with Crippen molar-refractivity contribution in [2.24, 2.45) is 0 Å². The molecule has 1 aliphatic rings. The van der Waals surface area contributed by atoms with Crippen LogP contribution in [-0.4, -0.2) is 71.7 Å². The van der Waals surface area contributed by atoms with Crippen LogP contribution in [-0.2, 0) is 19.1 Å². The highest BCUT2D eigenvalue weighted by Crippen LogP contribution is 2.34. The monoisotopic (exact) mass is 409 g/mol. The lowest BCUT2D eigenvalue weighted by Gasteiger charge is -2.22. The molecular formula is C17H23N5O7. The third-order valence-corrected chi connectivity index (χ3v) is 4.69. The molecule has 2 aromatic heterocycles. The zero-order valence-corrected chi connectivity index (χ0v) is 15.5. The first-order valence-electron chi connectivity index (χ1n) is 9.21. The Bertz CT molecular complexity index is 873. The van der Waals surface area contributed by atoms with E-state index in [1.165, 1.54) is 17.2 Å². The van der Waals surface area contributed by atoms with Gasteiger partial charge in [-0.2, -0.15) is 0 Å². The third kappa shape index (κ3) is 4.60. The summed E-state index contributed by atoms with van der Waals surface area (Å²) in [6, 6.07) is 0. The number of carboxylic acid groups (broad SMARTS) is 1. The van der Waals surface area contributed by atoms with Crippen molar-refractivity contribution < 1.29 is 34.4 Å². The molecular weight excluding hydrogens is 386 g/mol. The quantitative estimate of drug-likeness (QED) is 0.312. The molecule has 0 bridgehead atoms. The molecule has 5 N–H and O–H groups in total. The van der Waals surface area contributed by atoms with Crippen molar-refractivity contribution in [3.8, 4) is 0 Å². The predicted molar refractivity (Wildman–Crippen MR) is 97.3 cm³/mol. The van der Waals surface area contributed by atoms with E-state index < -0.39 is 43.1 Å². The Morgan fingerprint density at radius 2 is 1.97 bits per heavy atom. The lowest BCUT2D eigenvalue weighted by Crippen LogP contribution is -2.37. The van der Waals surface area contributed by atoms with Crippen molar-refractivity contribution in [2.75, 3.05) is 12.3 Å². The Balaban J connectivity index is 1.70. The van der Waals surface area contributed by atoms with Gasteiger partial charge in [-0.15, -0.1) is 0 Å². The standard InChI is InChI=1S/C17H23N5O7/c18-15-12-16(20-7-19-15)22(8-21-12)17-14(13(27)9(6-23)28-17)29-11(26)5-3-1-2-4-10(24)25/h7-9,13-14,17,23,27H,1-6H2,(H,24,25)(H2,18,19,20)/t9-,13-,14-,17-/m1/s1. The Labute approximate surface area is 165 Å². The van der Waals surface area contributed by atoms with Crippen LogP contribution in [0.4, 0.5) is 5.82 Å². The second-order valence-corrected chi connectivity index (χ2v) is 6.73. The maximum Gasteiger partial charge on any atom is 0.306 e. The number of unbranched alkanes of at least 4 members (excludes halogenated alkanes) is 2. The summed E-state index contributed by atoms with van der Waals surface area (Å²) in [6.07, 6.45) is -0.00939. The molecule has 0 aliphatic carbocycles. The maximum absolute atomic E-state index is 12.2. The predicted octanol–water partition coefficient (Wildman–Crippen LogP) is -0.394. The summed E-state index contributed by atoms with van der Waals surface area (Å²) in [4.78, 5) is 34.9. The summed E-state index contributed by atoms with van der Waals surface area (Å²) in [7, 11) is 0. The van der Waals surface area contributed by atoms with Crippen molar-refractivity contribution in [3.63, 3.8) is 0 Å². The number of esters is 1. The number of nitrogen functional groups attached to an aromatic ring is 1. The molecule has 0 spiro atoms. The van der Waals surface area contributed by atoms with Gasteiger partial charge in [-0.05, 0) is 12.8 Å². The first-order valence-corrected chi connectivity index (χ1v) is 9.21. The SMILES string of the molecule is Nc1ncnc2c1ncn2[C@@H]1O[C@H](CO)[C@@H](O)[C@H]1OC(=O)CCCCCC(=O)O. The van der Waals surface area contributed by atoms with Gasteiger partial charge in [0, 0.05) is 12.8 Å². The minimum absolute atomic E-state index is 0.0448. The van der Waals surface area contributed by atoms with Gasteiger partial charge in [-0.1, -0.05) is 6.42 Å². The molecule has 12 nitrogen and oxygen atoms in total. The van der Waals surface area contributed by atoms with E-state index in [0.29, 0.717) is 30.4 Å². The molecule has 1 fully saturated rings. The fraction of sp³-hybridized carbons (Fsp3) is 0.588. The molecule has 0 unspecified atom stereocenters. The van der Waals surface area contributed by atoms with Crippen molar-refractivity contribution in [1.29, 1.82) is 0 Å². The number of aliphatic hydroxyl groups is 2. The summed E-state index contributed by atoms with van der Waals surface area (Å²) >= 11 is 0. The number of nitrogens with two attached hydrogens (primary N) is 1. The fourth-order valence-electron chi connectivity index (χ4n) is 3.21. The Kier molecular flexibility index (Phi) is 6.56. The third-order valence-electron chi connectivity index (χ3n) is 4.69. The van der Waals surface area contributed by atoms with E-state index in [9.17, 15) is 19.8 Å². The fourth-order valence-corrected chi connectivity index (χ4v) is 3.21. The van der Waals surface area contributed by atoms with Gasteiger partial charge in [0.25, 0.3) is 0 Å². The summed E-state index contributed by atoms with van der Waals surface area (Å²) in [5.74, 6) is -1.27. The smallest absolute Gasteiger partial charge is 0.306 e. The number of imidazole rings is 1. The molecule has 1 saturated heterocycles. The van der Waals surface area contributed by atoms with Crippen LogP contribution < -0.4 is 5.73 Å². The molecule has 1 aliphatic heterocycles. The molecule has 29 heavy (non-hydrogen) atoms. The van der Waals surface area contributed by atoms with Crippen LogP contribution in [0, 0.1) is 0 Å². The number of aliphatic carboxylic acids is 1. The van der Waals surface area contributed by atoms with Crippen LogP contribution in [0.5, 0.6) is 0 Å². The van der Waals surface area contributed by atoms with E-state index >= 15 is 0 Å². The van der Waals surface area contributed by atoms with Crippen molar-refractivity contribution in [2.45, 2.75) is 56.6 Å². The zero-order valence-electron chi connectivity index (χ0n) is 15.5. The number of aliphatic hydroxyl groups excluding tert-OH is 2. The van der Waals surface area contributed by atoms with Gasteiger partial charge < -0.3 is 30.5 Å². The molecule has 158 valence electrons. The van der Waals surface area contributed by atoms with Gasteiger partial charge >= 0.3 is 11.9 Å². The Morgan fingerprint density at radius 3 is 2.69 bits per heavy atom. The van der Waals surface area contributed by atoms with E-state index in [1.54, 1.807) is 0 Å². The van der Waals surface area contributed by atoms with Crippen LogP contribution in [0.15, 0.2) is 12.7 Å². The number of carboxylic acids is 1. The largest absolute Gasteiger partial charge is 0.481 e. The molecule has 0 aromatic carbocycles. The zero-order chi connectivity index (χ0) is 21.0. The van der Waals surface area contributed by atoms with Crippen molar-refractivity contribution in [1.82, 2.24) is 19.5 Å².